The van der Waals surface area contributed by atoms with Crippen molar-refractivity contribution in [2.45, 2.75) is 32.4 Å². The van der Waals surface area contributed by atoms with E-state index < -0.39 is 5.54 Å². The average Bonchev–Trinajstić information content (AvgIpc) is 2.92. The molecule has 31 heavy (non-hydrogen) atoms. The molecule has 6 heteroatoms. The van der Waals surface area contributed by atoms with Gasteiger partial charge in [-0.1, -0.05) is 77.8 Å². The molecule has 0 saturated carbocycles. The quantitative estimate of drug-likeness (QED) is 0.424. The van der Waals surface area contributed by atoms with E-state index in [1.807, 2.05) is 36.4 Å². The SMILES string of the molecule is CC1(C)C(=O)N(c2ccc(Cl)c(Cl)c2)C(=O)N1Cc1ccccc1Cc1ccccc1. The van der Waals surface area contributed by atoms with Gasteiger partial charge in [0.25, 0.3) is 5.91 Å². The fraction of sp³-hybridized carbons (Fsp3) is 0.200. The van der Waals surface area contributed by atoms with Gasteiger partial charge in [-0.2, -0.15) is 0 Å². The van der Waals surface area contributed by atoms with E-state index >= 15 is 0 Å². The zero-order valence-electron chi connectivity index (χ0n) is 17.3. The predicted octanol–water partition coefficient (Wildman–Crippen LogP) is 6.33. The Labute approximate surface area is 192 Å². The summed E-state index contributed by atoms with van der Waals surface area (Å²) < 4.78 is 0. The lowest BCUT2D eigenvalue weighted by Crippen LogP contribution is -2.43. The molecular weight excluding hydrogens is 431 g/mol. The van der Waals surface area contributed by atoms with Crippen molar-refractivity contribution in [1.29, 1.82) is 0 Å². The van der Waals surface area contributed by atoms with Crippen LogP contribution in [0.2, 0.25) is 10.0 Å². The molecule has 1 saturated heterocycles. The second-order valence-corrected chi connectivity index (χ2v) is 8.91. The van der Waals surface area contributed by atoms with Crippen LogP contribution in [0.5, 0.6) is 0 Å². The lowest BCUT2D eigenvalue weighted by Gasteiger charge is -2.28. The van der Waals surface area contributed by atoms with Crippen LogP contribution in [0.15, 0.2) is 72.8 Å². The number of amides is 3. The fourth-order valence-corrected chi connectivity index (χ4v) is 4.12. The standard InChI is InChI=1S/C25H22Cl2N2O2/c1-25(2)23(30)29(20-12-13-21(26)22(27)15-20)24(31)28(25)16-19-11-7-6-10-18(19)14-17-8-4-3-5-9-17/h3-13,15H,14,16H2,1-2H3. The summed E-state index contributed by atoms with van der Waals surface area (Å²) in [5.74, 6) is -0.295. The van der Waals surface area contributed by atoms with Gasteiger partial charge in [-0.3, -0.25) is 4.79 Å². The van der Waals surface area contributed by atoms with Gasteiger partial charge in [-0.15, -0.1) is 0 Å². The number of carbonyl (C=O) groups is 2. The van der Waals surface area contributed by atoms with Crippen LogP contribution in [-0.2, 0) is 17.8 Å². The van der Waals surface area contributed by atoms with Crippen molar-refractivity contribution >= 4 is 40.8 Å². The first-order valence-corrected chi connectivity index (χ1v) is 10.8. The zero-order chi connectivity index (χ0) is 22.2. The highest BCUT2D eigenvalue weighted by Gasteiger charge is 2.51. The summed E-state index contributed by atoms with van der Waals surface area (Å²) in [7, 11) is 0. The number of imide groups is 1. The van der Waals surface area contributed by atoms with Crippen LogP contribution < -0.4 is 4.90 Å². The number of rotatable bonds is 5. The lowest BCUT2D eigenvalue weighted by atomic mass is 9.97. The highest BCUT2D eigenvalue weighted by molar-refractivity contribution is 6.42. The molecule has 3 aromatic carbocycles. The molecule has 0 atom stereocenters. The Hall–Kier alpha value is -2.82. The second-order valence-electron chi connectivity index (χ2n) is 8.10. The molecule has 1 aliphatic heterocycles. The van der Waals surface area contributed by atoms with Crippen LogP contribution >= 0.6 is 23.2 Å². The molecular formula is C25H22Cl2N2O2. The average molecular weight is 453 g/mol. The Morgan fingerprint density at radius 3 is 2.13 bits per heavy atom. The van der Waals surface area contributed by atoms with Crippen molar-refractivity contribution < 1.29 is 9.59 Å². The Balaban J connectivity index is 1.65. The number of nitrogens with zero attached hydrogens (tertiary/aromatic N) is 2. The second kappa shape index (κ2) is 8.37. The van der Waals surface area contributed by atoms with Gasteiger partial charge in [0.05, 0.1) is 15.7 Å². The number of benzene rings is 3. The van der Waals surface area contributed by atoms with Crippen molar-refractivity contribution in [2.24, 2.45) is 0 Å². The molecule has 3 amide bonds. The Morgan fingerprint density at radius 1 is 0.806 bits per heavy atom. The summed E-state index contributed by atoms with van der Waals surface area (Å²) in [6, 6.07) is 22.6. The first-order chi connectivity index (χ1) is 14.8. The lowest BCUT2D eigenvalue weighted by molar-refractivity contribution is -0.123. The van der Waals surface area contributed by atoms with Crippen molar-refractivity contribution in [3.05, 3.63) is 99.5 Å². The molecule has 0 aromatic heterocycles. The fourth-order valence-electron chi connectivity index (χ4n) is 3.82. The van der Waals surface area contributed by atoms with E-state index in [9.17, 15) is 9.59 Å². The third-order valence-electron chi connectivity index (χ3n) is 5.67. The van der Waals surface area contributed by atoms with Gasteiger partial charge in [0, 0.05) is 6.54 Å². The Bertz CT molecular complexity index is 1150. The first-order valence-electron chi connectivity index (χ1n) is 10.0. The van der Waals surface area contributed by atoms with Crippen LogP contribution in [0.3, 0.4) is 0 Å². The van der Waals surface area contributed by atoms with Gasteiger partial charge < -0.3 is 4.90 Å². The Kier molecular flexibility index (Phi) is 5.78. The summed E-state index contributed by atoms with van der Waals surface area (Å²) in [6.45, 7) is 3.87. The van der Waals surface area contributed by atoms with Crippen molar-refractivity contribution in [2.75, 3.05) is 4.90 Å². The van der Waals surface area contributed by atoms with E-state index in [2.05, 4.69) is 18.2 Å². The number of carbonyl (C=O) groups excluding carboxylic acids is 2. The van der Waals surface area contributed by atoms with Gasteiger partial charge >= 0.3 is 6.03 Å². The molecule has 0 unspecified atom stereocenters. The highest BCUT2D eigenvalue weighted by atomic mass is 35.5. The number of hydrogen-bond acceptors (Lipinski definition) is 2. The van der Waals surface area contributed by atoms with Crippen LogP contribution in [0.4, 0.5) is 10.5 Å². The maximum Gasteiger partial charge on any atom is 0.332 e. The topological polar surface area (TPSA) is 40.6 Å². The summed E-state index contributed by atoms with van der Waals surface area (Å²) >= 11 is 12.1. The number of halogens is 2. The van der Waals surface area contributed by atoms with E-state index in [4.69, 9.17) is 23.2 Å². The number of hydrogen-bond donors (Lipinski definition) is 0. The zero-order valence-corrected chi connectivity index (χ0v) is 18.8. The number of anilines is 1. The third kappa shape index (κ3) is 4.06. The van der Waals surface area contributed by atoms with Crippen molar-refractivity contribution in [1.82, 2.24) is 4.90 Å². The maximum absolute atomic E-state index is 13.4. The molecule has 4 rings (SSSR count). The van der Waals surface area contributed by atoms with E-state index in [0.717, 1.165) is 17.5 Å². The maximum atomic E-state index is 13.4. The molecule has 0 N–H and O–H groups in total. The van der Waals surface area contributed by atoms with E-state index in [1.54, 1.807) is 36.9 Å². The van der Waals surface area contributed by atoms with E-state index in [1.165, 1.54) is 10.5 Å². The van der Waals surface area contributed by atoms with Gasteiger partial charge in [-0.05, 0) is 55.2 Å². The largest absolute Gasteiger partial charge is 0.332 e. The minimum Gasteiger partial charge on any atom is -0.305 e. The highest BCUT2D eigenvalue weighted by Crippen LogP contribution is 2.36. The van der Waals surface area contributed by atoms with Crippen LogP contribution in [0, 0.1) is 0 Å². The minimum atomic E-state index is -0.997. The molecule has 3 aromatic rings. The summed E-state index contributed by atoms with van der Waals surface area (Å²) in [5.41, 5.74) is 2.74. The van der Waals surface area contributed by atoms with E-state index in [0.29, 0.717) is 22.3 Å². The van der Waals surface area contributed by atoms with E-state index in [-0.39, 0.29) is 11.9 Å². The van der Waals surface area contributed by atoms with Crippen LogP contribution in [0.25, 0.3) is 0 Å². The monoisotopic (exact) mass is 452 g/mol. The molecule has 0 radical (unpaired) electrons. The molecule has 0 aliphatic carbocycles. The summed E-state index contributed by atoms with van der Waals surface area (Å²) in [4.78, 5) is 29.4. The normalized spacial score (nSPS) is 15.6. The molecule has 1 heterocycles. The molecule has 158 valence electrons. The van der Waals surface area contributed by atoms with Crippen molar-refractivity contribution in [3.63, 3.8) is 0 Å². The van der Waals surface area contributed by atoms with Crippen LogP contribution in [-0.4, -0.2) is 22.4 Å². The van der Waals surface area contributed by atoms with Crippen LogP contribution in [0.1, 0.15) is 30.5 Å². The molecule has 0 bridgehead atoms. The van der Waals surface area contributed by atoms with Gasteiger partial charge in [0.2, 0.25) is 0 Å². The third-order valence-corrected chi connectivity index (χ3v) is 6.41. The van der Waals surface area contributed by atoms with Crippen molar-refractivity contribution in [3.8, 4) is 0 Å². The predicted molar refractivity (Wildman–Crippen MR) is 125 cm³/mol. The molecule has 1 fully saturated rings. The Morgan fingerprint density at radius 2 is 1.45 bits per heavy atom. The molecule has 1 aliphatic rings. The van der Waals surface area contributed by atoms with Gasteiger partial charge in [-0.25, -0.2) is 9.69 Å². The molecule has 4 nitrogen and oxygen atoms in total. The minimum absolute atomic E-state index is 0.295. The number of urea groups is 1. The first kappa shape index (κ1) is 21.4. The van der Waals surface area contributed by atoms with Gasteiger partial charge in [0.15, 0.2) is 0 Å². The van der Waals surface area contributed by atoms with Gasteiger partial charge in [0.1, 0.15) is 5.54 Å². The summed E-state index contributed by atoms with van der Waals surface area (Å²) in [5, 5.41) is 0.666. The molecule has 0 spiro atoms. The smallest absolute Gasteiger partial charge is 0.305 e. The summed E-state index contributed by atoms with van der Waals surface area (Å²) in [6.07, 6.45) is 0.754.